The van der Waals surface area contributed by atoms with Crippen molar-refractivity contribution >= 4 is 33.4 Å². The predicted molar refractivity (Wildman–Crippen MR) is 82.3 cm³/mol. The topological polar surface area (TPSA) is 49.3 Å². The number of carbonyl (C=O) groups excluding carboxylic acids is 1. The van der Waals surface area contributed by atoms with E-state index in [1.165, 1.54) is 12.1 Å². The van der Waals surface area contributed by atoms with Crippen LogP contribution in [0, 0.1) is 5.41 Å². The highest BCUT2D eigenvalue weighted by atomic mass is 79.9. The van der Waals surface area contributed by atoms with Gasteiger partial charge in [0.15, 0.2) is 0 Å². The Hall–Kier alpha value is -0.740. The van der Waals surface area contributed by atoms with E-state index in [-0.39, 0.29) is 22.6 Å². The third kappa shape index (κ3) is 5.41. The summed E-state index contributed by atoms with van der Waals surface area (Å²) in [7, 11) is 0. The summed E-state index contributed by atoms with van der Waals surface area (Å²) in [4.78, 5) is 12.0. The summed E-state index contributed by atoms with van der Waals surface area (Å²) in [6, 6.07) is 4.44. The molecule has 1 aromatic carbocycles. The summed E-state index contributed by atoms with van der Waals surface area (Å²) >= 11 is 9.22. The van der Waals surface area contributed by atoms with E-state index in [0.717, 1.165) is 18.2 Å². The molecule has 0 aromatic heterocycles. The first-order valence-corrected chi connectivity index (χ1v) is 7.68. The Balaban J connectivity index is 2.62. The molecule has 2 N–H and O–H groups in total. The lowest BCUT2D eigenvalue weighted by Crippen LogP contribution is -2.34. The number of nitrogens with one attached hydrogen (secondary N) is 1. The zero-order chi connectivity index (χ0) is 14.5. The quantitative estimate of drug-likeness (QED) is 0.764. The van der Waals surface area contributed by atoms with Gasteiger partial charge in [0.05, 0.1) is 5.56 Å². The fourth-order valence-electron chi connectivity index (χ4n) is 1.74. The van der Waals surface area contributed by atoms with Crippen LogP contribution in [-0.2, 0) is 0 Å². The number of alkyl halides is 1. The number of benzene rings is 1. The molecule has 0 bridgehead atoms. The Bertz CT molecular complexity index is 449. The summed E-state index contributed by atoms with van der Waals surface area (Å²) in [5, 5.41) is 13.9. The zero-order valence-electron chi connectivity index (χ0n) is 11.2. The summed E-state index contributed by atoms with van der Waals surface area (Å²) < 4.78 is 0. The van der Waals surface area contributed by atoms with Gasteiger partial charge in [-0.3, -0.25) is 4.79 Å². The smallest absolute Gasteiger partial charge is 0.255 e. The number of rotatable bonds is 6. The number of aromatic hydroxyl groups is 1. The van der Waals surface area contributed by atoms with E-state index in [4.69, 9.17) is 11.6 Å². The zero-order valence-corrected chi connectivity index (χ0v) is 13.5. The minimum atomic E-state index is -0.299. The number of halogens is 2. The molecule has 5 heteroatoms. The molecule has 0 aliphatic heterocycles. The van der Waals surface area contributed by atoms with Crippen LogP contribution in [0.4, 0.5) is 0 Å². The number of carbonyl (C=O) groups is 1. The second-order valence-corrected chi connectivity index (χ2v) is 6.53. The van der Waals surface area contributed by atoms with Crippen LogP contribution in [0.5, 0.6) is 5.75 Å². The molecule has 0 saturated carbocycles. The van der Waals surface area contributed by atoms with Crippen molar-refractivity contribution in [3.63, 3.8) is 0 Å². The monoisotopic (exact) mass is 347 g/mol. The fraction of sp³-hybridized carbons (Fsp3) is 0.500. The summed E-state index contributed by atoms with van der Waals surface area (Å²) in [5.74, 6) is -0.355. The van der Waals surface area contributed by atoms with Crippen LogP contribution < -0.4 is 5.32 Å². The summed E-state index contributed by atoms with van der Waals surface area (Å²) in [6.07, 6.45) is 2.07. The van der Waals surface area contributed by atoms with Crippen molar-refractivity contribution in [3.8, 4) is 5.75 Å². The van der Waals surface area contributed by atoms with Crippen molar-refractivity contribution < 1.29 is 9.90 Å². The largest absolute Gasteiger partial charge is 0.507 e. The average Bonchev–Trinajstić information content (AvgIpc) is 2.36. The molecule has 0 spiro atoms. The molecule has 1 amide bonds. The molecule has 3 nitrogen and oxygen atoms in total. The van der Waals surface area contributed by atoms with E-state index in [1.807, 2.05) is 0 Å². The van der Waals surface area contributed by atoms with E-state index in [1.54, 1.807) is 6.07 Å². The molecule has 0 fully saturated rings. The van der Waals surface area contributed by atoms with Gasteiger partial charge in [-0.2, -0.15) is 0 Å². The van der Waals surface area contributed by atoms with Crippen molar-refractivity contribution in [2.75, 3.05) is 11.9 Å². The average molecular weight is 349 g/mol. The Morgan fingerprint density at radius 3 is 2.79 bits per heavy atom. The molecule has 0 unspecified atom stereocenters. The van der Waals surface area contributed by atoms with Crippen molar-refractivity contribution in [1.29, 1.82) is 0 Å². The first-order chi connectivity index (χ1) is 8.85. The van der Waals surface area contributed by atoms with Gasteiger partial charge in [-0.05, 0) is 36.5 Å². The van der Waals surface area contributed by atoms with Gasteiger partial charge in [0, 0.05) is 16.9 Å². The highest BCUT2D eigenvalue weighted by Gasteiger charge is 2.19. The van der Waals surface area contributed by atoms with Gasteiger partial charge in [-0.15, -0.1) is 0 Å². The molecule has 0 aliphatic rings. The SMILES string of the molecule is CC(C)(CCCBr)CNC(=O)c1cc(Cl)ccc1O. The summed E-state index contributed by atoms with van der Waals surface area (Å²) in [6.45, 7) is 4.77. The van der Waals surface area contributed by atoms with Crippen molar-refractivity contribution in [3.05, 3.63) is 28.8 Å². The van der Waals surface area contributed by atoms with Crippen molar-refractivity contribution in [1.82, 2.24) is 5.32 Å². The van der Waals surface area contributed by atoms with Crippen LogP contribution in [-0.4, -0.2) is 22.9 Å². The highest BCUT2D eigenvalue weighted by Crippen LogP contribution is 2.24. The summed E-state index contributed by atoms with van der Waals surface area (Å²) in [5.41, 5.74) is 0.237. The standard InChI is InChI=1S/C14H19BrClNO2/c1-14(2,6-3-7-15)9-17-13(19)11-8-10(16)4-5-12(11)18/h4-5,8,18H,3,6-7,9H2,1-2H3,(H,17,19). The molecule has 106 valence electrons. The van der Waals surface area contributed by atoms with Crippen LogP contribution in [0.3, 0.4) is 0 Å². The lowest BCUT2D eigenvalue weighted by molar-refractivity contribution is 0.0932. The van der Waals surface area contributed by atoms with Crippen molar-refractivity contribution in [2.24, 2.45) is 5.41 Å². The Kier molecular flexibility index (Phi) is 6.14. The molecule has 1 aromatic rings. The first kappa shape index (κ1) is 16.3. The van der Waals surface area contributed by atoms with Crippen LogP contribution in [0.1, 0.15) is 37.0 Å². The minimum Gasteiger partial charge on any atom is -0.507 e. The van der Waals surface area contributed by atoms with Gasteiger partial charge in [0.1, 0.15) is 5.75 Å². The number of amides is 1. The van der Waals surface area contributed by atoms with Gasteiger partial charge in [0.25, 0.3) is 5.91 Å². The van der Waals surface area contributed by atoms with E-state index in [0.29, 0.717) is 11.6 Å². The van der Waals surface area contributed by atoms with Crippen LogP contribution in [0.15, 0.2) is 18.2 Å². The van der Waals surface area contributed by atoms with E-state index in [9.17, 15) is 9.90 Å². The molecular weight excluding hydrogens is 330 g/mol. The minimum absolute atomic E-state index is 0.0254. The second-order valence-electron chi connectivity index (χ2n) is 5.30. The first-order valence-electron chi connectivity index (χ1n) is 6.18. The maximum Gasteiger partial charge on any atom is 0.255 e. The van der Waals surface area contributed by atoms with Crippen LogP contribution >= 0.6 is 27.5 Å². The molecule has 19 heavy (non-hydrogen) atoms. The maximum atomic E-state index is 12.0. The van der Waals surface area contributed by atoms with E-state index >= 15 is 0 Å². The van der Waals surface area contributed by atoms with Gasteiger partial charge in [0.2, 0.25) is 0 Å². The molecule has 0 aliphatic carbocycles. The second kappa shape index (κ2) is 7.15. The predicted octanol–water partition coefficient (Wildman–Crippen LogP) is 3.98. The third-order valence-electron chi connectivity index (χ3n) is 2.92. The lowest BCUT2D eigenvalue weighted by atomic mass is 9.88. The Morgan fingerprint density at radius 1 is 1.47 bits per heavy atom. The Morgan fingerprint density at radius 2 is 2.16 bits per heavy atom. The van der Waals surface area contributed by atoms with Gasteiger partial charge >= 0.3 is 0 Å². The molecule has 0 saturated heterocycles. The van der Waals surface area contributed by atoms with Crippen LogP contribution in [0.25, 0.3) is 0 Å². The van der Waals surface area contributed by atoms with Crippen molar-refractivity contribution in [2.45, 2.75) is 26.7 Å². The fourth-order valence-corrected chi connectivity index (χ4v) is 2.19. The molecule has 0 radical (unpaired) electrons. The molecule has 0 heterocycles. The van der Waals surface area contributed by atoms with Gasteiger partial charge < -0.3 is 10.4 Å². The molecule has 1 rings (SSSR count). The molecule has 0 atom stereocenters. The number of hydrogen-bond donors (Lipinski definition) is 2. The van der Waals surface area contributed by atoms with E-state index in [2.05, 4.69) is 35.1 Å². The third-order valence-corrected chi connectivity index (χ3v) is 3.71. The molecular formula is C14H19BrClNO2. The highest BCUT2D eigenvalue weighted by molar-refractivity contribution is 9.09. The van der Waals surface area contributed by atoms with E-state index < -0.39 is 0 Å². The Labute approximate surface area is 127 Å². The number of phenols is 1. The van der Waals surface area contributed by atoms with Crippen LogP contribution in [0.2, 0.25) is 5.02 Å². The number of phenolic OH excluding ortho intramolecular Hbond substituents is 1. The normalized spacial score (nSPS) is 11.4. The van der Waals surface area contributed by atoms with Gasteiger partial charge in [-0.1, -0.05) is 41.4 Å². The van der Waals surface area contributed by atoms with Gasteiger partial charge in [-0.25, -0.2) is 0 Å². The lowest BCUT2D eigenvalue weighted by Gasteiger charge is -2.24. The maximum absolute atomic E-state index is 12.0. The number of hydrogen-bond acceptors (Lipinski definition) is 2.